The van der Waals surface area contributed by atoms with Crippen LogP contribution in [0.1, 0.15) is 32.4 Å². The topological polar surface area (TPSA) is 83.0 Å². The lowest BCUT2D eigenvalue weighted by atomic mass is 10.1. The highest BCUT2D eigenvalue weighted by atomic mass is 127. The Morgan fingerprint density at radius 2 is 1.76 bits per heavy atom. The first-order chi connectivity index (χ1) is 13.4. The van der Waals surface area contributed by atoms with Crippen molar-refractivity contribution < 1.29 is 13.2 Å². The van der Waals surface area contributed by atoms with E-state index in [0.29, 0.717) is 19.7 Å². The van der Waals surface area contributed by atoms with Crippen molar-refractivity contribution in [1.82, 2.24) is 15.5 Å². The van der Waals surface area contributed by atoms with E-state index in [2.05, 4.69) is 53.6 Å². The van der Waals surface area contributed by atoms with Crippen molar-refractivity contribution >= 4 is 39.8 Å². The van der Waals surface area contributed by atoms with Gasteiger partial charge in [0.1, 0.15) is 9.84 Å². The van der Waals surface area contributed by atoms with Gasteiger partial charge in [0.25, 0.3) is 0 Å². The molecule has 0 heterocycles. The average Bonchev–Trinajstić information content (AvgIpc) is 2.67. The molecule has 0 amide bonds. The molecule has 1 aromatic rings. The summed E-state index contributed by atoms with van der Waals surface area (Å²) in [5.41, 5.74) is 1.26. The number of guanidine groups is 1. The van der Waals surface area contributed by atoms with Crippen LogP contribution in [0.5, 0.6) is 0 Å². The summed E-state index contributed by atoms with van der Waals surface area (Å²) in [5, 5.41) is 6.49. The molecule has 0 radical (unpaired) electrons. The summed E-state index contributed by atoms with van der Waals surface area (Å²) in [6.07, 6.45) is 1.21. The number of sulfone groups is 1. The molecule has 2 N–H and O–H groups in total. The van der Waals surface area contributed by atoms with E-state index in [1.54, 1.807) is 0 Å². The van der Waals surface area contributed by atoms with Crippen molar-refractivity contribution in [2.45, 2.75) is 26.8 Å². The largest absolute Gasteiger partial charge is 0.379 e. The number of likely N-dealkylation sites (N-methyl/N-ethyl adjacent to an activating group) is 1. The van der Waals surface area contributed by atoms with Crippen LogP contribution >= 0.6 is 24.0 Å². The van der Waals surface area contributed by atoms with E-state index in [-0.39, 0.29) is 42.4 Å². The molecule has 168 valence electrons. The minimum atomic E-state index is -2.98. The number of nitrogens with one attached hydrogen (secondary N) is 2. The van der Waals surface area contributed by atoms with Gasteiger partial charge >= 0.3 is 0 Å². The Morgan fingerprint density at radius 1 is 1.10 bits per heavy atom. The van der Waals surface area contributed by atoms with Gasteiger partial charge in [-0.1, -0.05) is 44.2 Å². The molecule has 0 bridgehead atoms. The molecule has 0 fully saturated rings. The second-order valence-corrected chi connectivity index (χ2v) is 8.80. The van der Waals surface area contributed by atoms with E-state index in [1.807, 2.05) is 13.0 Å². The maximum Gasteiger partial charge on any atom is 0.191 e. The summed E-state index contributed by atoms with van der Waals surface area (Å²) >= 11 is 0. The predicted molar refractivity (Wildman–Crippen MR) is 132 cm³/mol. The second kappa shape index (κ2) is 15.9. The highest BCUT2D eigenvalue weighted by Gasteiger charge is 2.17. The average molecular weight is 541 g/mol. The van der Waals surface area contributed by atoms with E-state index in [1.165, 1.54) is 11.8 Å². The first kappa shape index (κ1) is 28.1. The minimum Gasteiger partial charge on any atom is -0.379 e. The molecular formula is C20H37IN4O3S. The van der Waals surface area contributed by atoms with Crippen molar-refractivity contribution in [1.29, 1.82) is 0 Å². The Morgan fingerprint density at radius 3 is 2.31 bits per heavy atom. The normalized spacial score (nSPS) is 13.1. The van der Waals surface area contributed by atoms with Gasteiger partial charge in [-0.2, -0.15) is 0 Å². The minimum absolute atomic E-state index is 0. The summed E-state index contributed by atoms with van der Waals surface area (Å²) in [5.74, 6) is 0.784. The molecule has 1 atom stereocenters. The first-order valence-corrected chi connectivity index (χ1v) is 12.0. The first-order valence-electron chi connectivity index (χ1n) is 9.97. The Balaban J connectivity index is 0.00000784. The molecule has 0 aliphatic carbocycles. The third-order valence-electron chi connectivity index (χ3n) is 4.34. The molecule has 0 spiro atoms. The van der Waals surface area contributed by atoms with Crippen LogP contribution < -0.4 is 10.6 Å². The van der Waals surface area contributed by atoms with Crippen LogP contribution in [0.4, 0.5) is 0 Å². The van der Waals surface area contributed by atoms with E-state index >= 15 is 0 Å². The Labute approximate surface area is 193 Å². The fourth-order valence-corrected chi connectivity index (χ4v) is 3.27. The molecule has 7 nitrogen and oxygen atoms in total. The van der Waals surface area contributed by atoms with Crippen LogP contribution in [0.15, 0.2) is 35.3 Å². The van der Waals surface area contributed by atoms with Crippen molar-refractivity contribution in [2.75, 3.05) is 57.9 Å². The molecule has 0 aliphatic rings. The van der Waals surface area contributed by atoms with Crippen LogP contribution in [0.3, 0.4) is 0 Å². The molecule has 1 unspecified atom stereocenters. The number of benzene rings is 1. The summed E-state index contributed by atoms with van der Waals surface area (Å²) < 4.78 is 27.6. The molecule has 1 aromatic carbocycles. The lowest BCUT2D eigenvalue weighted by Crippen LogP contribution is -2.40. The number of hydrogen-bond acceptors (Lipinski definition) is 5. The third-order valence-corrected chi connectivity index (χ3v) is 5.25. The van der Waals surface area contributed by atoms with Gasteiger partial charge in [0.05, 0.1) is 31.6 Å². The molecule has 1 rings (SSSR count). The highest BCUT2D eigenvalue weighted by Crippen LogP contribution is 2.20. The highest BCUT2D eigenvalue weighted by molar-refractivity contribution is 14.0. The Kier molecular flexibility index (Phi) is 15.4. The number of aliphatic imine (C=N–C) groups is 1. The molecule has 0 saturated heterocycles. The quantitative estimate of drug-likeness (QED) is 0.173. The number of rotatable bonds is 13. The number of halogens is 1. The summed E-state index contributed by atoms with van der Waals surface area (Å²) in [6.45, 7) is 10.9. The molecule has 9 heteroatoms. The number of ether oxygens (including phenoxy) is 1. The standard InChI is InChI=1S/C20H36N4O3S.HI/c1-5-21-20(22-13-14-27-15-16-28(4,25)26)23-17-19(24(6-2)7-3)18-11-9-8-10-12-18;/h8-12,19H,5-7,13-17H2,1-4H3,(H2,21,22,23);1H. The molecule has 0 aromatic heterocycles. The van der Waals surface area contributed by atoms with E-state index < -0.39 is 9.84 Å². The van der Waals surface area contributed by atoms with Gasteiger partial charge in [-0.15, -0.1) is 24.0 Å². The molecule has 0 aliphatic heterocycles. The van der Waals surface area contributed by atoms with Crippen molar-refractivity contribution in [3.63, 3.8) is 0 Å². The lowest BCUT2D eigenvalue weighted by molar-refractivity contribution is 0.154. The maximum atomic E-state index is 11.1. The van der Waals surface area contributed by atoms with Crippen LogP contribution in [-0.4, -0.2) is 77.2 Å². The lowest BCUT2D eigenvalue weighted by Gasteiger charge is -2.29. The third kappa shape index (κ3) is 12.4. The van der Waals surface area contributed by atoms with Crippen LogP contribution in [0.2, 0.25) is 0 Å². The Hall–Kier alpha value is -0.910. The van der Waals surface area contributed by atoms with Gasteiger partial charge < -0.3 is 15.4 Å². The smallest absolute Gasteiger partial charge is 0.191 e. The van der Waals surface area contributed by atoms with Crippen molar-refractivity contribution in [3.8, 4) is 0 Å². The maximum absolute atomic E-state index is 11.1. The van der Waals surface area contributed by atoms with Gasteiger partial charge in [0.2, 0.25) is 0 Å². The van der Waals surface area contributed by atoms with E-state index in [0.717, 1.165) is 25.6 Å². The predicted octanol–water partition coefficient (Wildman–Crippen LogP) is 2.30. The fourth-order valence-electron chi connectivity index (χ4n) is 2.84. The number of nitrogens with zero attached hydrogens (tertiary/aromatic N) is 2. The molecule has 0 saturated carbocycles. The SMILES string of the molecule is CCNC(=NCC(c1ccccc1)N(CC)CC)NCCOCCS(C)(=O)=O.I. The van der Waals surface area contributed by atoms with Gasteiger partial charge in [-0.25, -0.2) is 8.42 Å². The van der Waals surface area contributed by atoms with Crippen LogP contribution in [-0.2, 0) is 14.6 Å². The van der Waals surface area contributed by atoms with Crippen molar-refractivity contribution in [3.05, 3.63) is 35.9 Å². The summed E-state index contributed by atoms with van der Waals surface area (Å²) in [7, 11) is -2.98. The molecule has 29 heavy (non-hydrogen) atoms. The van der Waals surface area contributed by atoms with Crippen molar-refractivity contribution in [2.24, 2.45) is 4.99 Å². The monoisotopic (exact) mass is 540 g/mol. The van der Waals surface area contributed by atoms with Gasteiger partial charge in [0, 0.05) is 19.3 Å². The van der Waals surface area contributed by atoms with Gasteiger partial charge in [0.15, 0.2) is 5.96 Å². The molecular weight excluding hydrogens is 503 g/mol. The van der Waals surface area contributed by atoms with Crippen LogP contribution in [0, 0.1) is 0 Å². The fraction of sp³-hybridized carbons (Fsp3) is 0.650. The summed E-state index contributed by atoms with van der Waals surface area (Å²) in [4.78, 5) is 7.16. The van der Waals surface area contributed by atoms with E-state index in [4.69, 9.17) is 9.73 Å². The van der Waals surface area contributed by atoms with Gasteiger partial charge in [-0.3, -0.25) is 9.89 Å². The second-order valence-electron chi connectivity index (χ2n) is 6.54. The summed E-state index contributed by atoms with van der Waals surface area (Å²) in [6, 6.07) is 10.7. The Bertz CT molecular complexity index is 668. The van der Waals surface area contributed by atoms with Gasteiger partial charge in [-0.05, 0) is 25.6 Å². The zero-order valence-electron chi connectivity index (χ0n) is 18.1. The van der Waals surface area contributed by atoms with Crippen LogP contribution in [0.25, 0.3) is 0 Å². The number of hydrogen-bond donors (Lipinski definition) is 2. The van der Waals surface area contributed by atoms with E-state index in [9.17, 15) is 8.42 Å². The zero-order valence-corrected chi connectivity index (χ0v) is 21.2. The zero-order chi connectivity index (χ0) is 20.8.